The van der Waals surface area contributed by atoms with Gasteiger partial charge < -0.3 is 5.73 Å². The van der Waals surface area contributed by atoms with Gasteiger partial charge in [-0.2, -0.15) is 4.68 Å². The zero-order chi connectivity index (χ0) is 12.0. The van der Waals surface area contributed by atoms with Crippen molar-refractivity contribution in [1.82, 2.24) is 20.2 Å². The van der Waals surface area contributed by atoms with Crippen molar-refractivity contribution < 1.29 is 8.78 Å². The Labute approximate surface area is 95.2 Å². The Morgan fingerprint density at radius 1 is 1.29 bits per heavy atom. The van der Waals surface area contributed by atoms with E-state index in [0.717, 1.165) is 18.9 Å². The molecule has 17 heavy (non-hydrogen) atoms. The zero-order valence-electron chi connectivity index (χ0n) is 8.77. The summed E-state index contributed by atoms with van der Waals surface area (Å²) in [6, 6.07) is 2.28. The molecule has 0 spiro atoms. The first-order valence-corrected chi connectivity index (χ1v) is 5.20. The summed E-state index contributed by atoms with van der Waals surface area (Å²) in [5, 5.41) is 11.0. The van der Waals surface area contributed by atoms with Crippen LogP contribution in [0.1, 0.15) is 24.6 Å². The standard InChI is InChI=1S/C10H9F2N5/c11-6-3-4-7(13)9(8(6)12)17-10(5-1-2-5)14-15-16-17/h3-5H,1-2,13H2. The third-order valence-corrected chi connectivity index (χ3v) is 2.75. The van der Waals surface area contributed by atoms with Crippen molar-refractivity contribution in [1.29, 1.82) is 0 Å². The molecule has 1 aromatic carbocycles. The summed E-state index contributed by atoms with van der Waals surface area (Å²) >= 11 is 0. The van der Waals surface area contributed by atoms with E-state index < -0.39 is 11.6 Å². The van der Waals surface area contributed by atoms with E-state index >= 15 is 0 Å². The highest BCUT2D eigenvalue weighted by molar-refractivity contribution is 5.58. The van der Waals surface area contributed by atoms with E-state index in [9.17, 15) is 8.78 Å². The van der Waals surface area contributed by atoms with E-state index in [1.807, 2.05) is 0 Å². The molecule has 0 saturated heterocycles. The molecule has 1 heterocycles. The number of rotatable bonds is 2. The van der Waals surface area contributed by atoms with Crippen molar-refractivity contribution in [2.45, 2.75) is 18.8 Å². The van der Waals surface area contributed by atoms with Gasteiger partial charge in [-0.05, 0) is 35.4 Å². The molecule has 7 heteroatoms. The summed E-state index contributed by atoms with van der Waals surface area (Å²) in [6.45, 7) is 0. The van der Waals surface area contributed by atoms with Crippen LogP contribution in [0.4, 0.5) is 14.5 Å². The van der Waals surface area contributed by atoms with Crippen LogP contribution >= 0.6 is 0 Å². The van der Waals surface area contributed by atoms with Crippen LogP contribution < -0.4 is 5.73 Å². The molecule has 1 aromatic heterocycles. The van der Waals surface area contributed by atoms with Crippen molar-refractivity contribution in [3.05, 3.63) is 29.6 Å². The lowest BCUT2D eigenvalue weighted by Gasteiger charge is -2.08. The van der Waals surface area contributed by atoms with Gasteiger partial charge in [0.25, 0.3) is 0 Å². The minimum absolute atomic E-state index is 0.109. The van der Waals surface area contributed by atoms with E-state index in [2.05, 4.69) is 15.5 Å². The second kappa shape index (κ2) is 3.47. The van der Waals surface area contributed by atoms with E-state index in [1.54, 1.807) is 0 Å². The number of benzene rings is 1. The molecule has 5 nitrogen and oxygen atoms in total. The van der Waals surface area contributed by atoms with Gasteiger partial charge in [-0.3, -0.25) is 0 Å². The highest BCUT2D eigenvalue weighted by Crippen LogP contribution is 2.39. The Kier molecular flexibility index (Phi) is 2.07. The molecule has 0 atom stereocenters. The average molecular weight is 237 g/mol. The molecule has 2 aromatic rings. The van der Waals surface area contributed by atoms with Crippen LogP contribution in [-0.2, 0) is 0 Å². The van der Waals surface area contributed by atoms with Crippen LogP contribution in [0.3, 0.4) is 0 Å². The third-order valence-electron chi connectivity index (χ3n) is 2.75. The summed E-state index contributed by atoms with van der Waals surface area (Å²) < 4.78 is 28.1. The summed E-state index contributed by atoms with van der Waals surface area (Å²) in [6.07, 6.45) is 1.91. The Hall–Kier alpha value is -2.05. The normalized spacial score (nSPS) is 15.2. The van der Waals surface area contributed by atoms with Crippen molar-refractivity contribution in [2.75, 3.05) is 5.73 Å². The highest BCUT2D eigenvalue weighted by Gasteiger charge is 2.31. The SMILES string of the molecule is Nc1ccc(F)c(F)c1-n1nnnc1C1CC1. The van der Waals surface area contributed by atoms with Gasteiger partial charge in [0, 0.05) is 5.92 Å². The zero-order valence-corrected chi connectivity index (χ0v) is 8.77. The first-order chi connectivity index (χ1) is 8.18. The molecular weight excluding hydrogens is 228 g/mol. The predicted molar refractivity (Wildman–Crippen MR) is 55.5 cm³/mol. The molecule has 1 aliphatic carbocycles. The number of nitrogen functional groups attached to an aromatic ring is 1. The second-order valence-electron chi connectivity index (χ2n) is 4.02. The van der Waals surface area contributed by atoms with Gasteiger partial charge in [-0.15, -0.1) is 5.10 Å². The average Bonchev–Trinajstić information content (AvgIpc) is 3.05. The second-order valence-corrected chi connectivity index (χ2v) is 4.02. The Morgan fingerprint density at radius 2 is 2.06 bits per heavy atom. The fourth-order valence-electron chi connectivity index (χ4n) is 1.72. The maximum absolute atomic E-state index is 13.7. The molecule has 0 amide bonds. The number of hydrogen-bond donors (Lipinski definition) is 1. The quantitative estimate of drug-likeness (QED) is 0.801. The smallest absolute Gasteiger partial charge is 0.186 e. The summed E-state index contributed by atoms with van der Waals surface area (Å²) in [4.78, 5) is 0. The lowest BCUT2D eigenvalue weighted by Crippen LogP contribution is -2.09. The van der Waals surface area contributed by atoms with Crippen LogP contribution in [0.2, 0.25) is 0 Å². The maximum atomic E-state index is 13.7. The third kappa shape index (κ3) is 1.54. The number of aromatic nitrogens is 4. The minimum Gasteiger partial charge on any atom is -0.397 e. The van der Waals surface area contributed by atoms with Crippen LogP contribution in [0, 0.1) is 11.6 Å². The van der Waals surface area contributed by atoms with E-state index in [4.69, 9.17) is 5.73 Å². The van der Waals surface area contributed by atoms with Crippen molar-refractivity contribution >= 4 is 5.69 Å². The van der Waals surface area contributed by atoms with Gasteiger partial charge in [0.2, 0.25) is 0 Å². The largest absolute Gasteiger partial charge is 0.397 e. The fourth-order valence-corrected chi connectivity index (χ4v) is 1.72. The molecule has 3 rings (SSSR count). The Balaban J connectivity index is 2.20. The number of tetrazole rings is 1. The van der Waals surface area contributed by atoms with Crippen LogP contribution in [0.5, 0.6) is 0 Å². The lowest BCUT2D eigenvalue weighted by molar-refractivity contribution is 0.500. The molecule has 88 valence electrons. The molecule has 0 radical (unpaired) electrons. The van der Waals surface area contributed by atoms with E-state index in [0.29, 0.717) is 5.82 Å². The van der Waals surface area contributed by atoms with Gasteiger partial charge in [0.15, 0.2) is 17.5 Å². The number of nitrogens with zero attached hydrogens (tertiary/aromatic N) is 4. The highest BCUT2D eigenvalue weighted by atomic mass is 19.2. The van der Waals surface area contributed by atoms with Crippen molar-refractivity contribution in [3.8, 4) is 5.69 Å². The van der Waals surface area contributed by atoms with Gasteiger partial charge >= 0.3 is 0 Å². The first-order valence-electron chi connectivity index (χ1n) is 5.20. The molecule has 0 aliphatic heterocycles. The summed E-state index contributed by atoms with van der Waals surface area (Å²) in [5.41, 5.74) is 5.64. The topological polar surface area (TPSA) is 69.6 Å². The van der Waals surface area contributed by atoms with Crippen molar-refractivity contribution in [3.63, 3.8) is 0 Å². The molecule has 0 bridgehead atoms. The number of nitrogens with two attached hydrogens (primary N) is 1. The number of hydrogen-bond acceptors (Lipinski definition) is 4. The van der Waals surface area contributed by atoms with Crippen LogP contribution in [0.15, 0.2) is 12.1 Å². The van der Waals surface area contributed by atoms with Crippen molar-refractivity contribution in [2.24, 2.45) is 0 Å². The molecule has 1 saturated carbocycles. The summed E-state index contributed by atoms with van der Waals surface area (Å²) in [7, 11) is 0. The van der Waals surface area contributed by atoms with Gasteiger partial charge in [0.1, 0.15) is 5.69 Å². The molecule has 0 unspecified atom stereocenters. The first kappa shape index (κ1) is 10.1. The molecular formula is C10H9F2N5. The van der Waals surface area contributed by atoms with Crippen LogP contribution in [0.25, 0.3) is 5.69 Å². The number of anilines is 1. The predicted octanol–water partition coefficient (Wildman–Crippen LogP) is 1.40. The van der Waals surface area contributed by atoms with Gasteiger partial charge in [-0.25, -0.2) is 8.78 Å². The Morgan fingerprint density at radius 3 is 2.76 bits per heavy atom. The van der Waals surface area contributed by atoms with E-state index in [-0.39, 0.29) is 17.3 Å². The molecule has 1 fully saturated rings. The van der Waals surface area contributed by atoms with Crippen LogP contribution in [-0.4, -0.2) is 20.2 Å². The molecule has 1 aliphatic rings. The maximum Gasteiger partial charge on any atom is 0.186 e. The minimum atomic E-state index is -1.03. The van der Waals surface area contributed by atoms with Gasteiger partial charge in [0.05, 0.1) is 5.69 Å². The summed E-state index contributed by atoms with van der Waals surface area (Å²) in [5.74, 6) is -1.25. The fraction of sp³-hybridized carbons (Fsp3) is 0.300. The van der Waals surface area contributed by atoms with E-state index in [1.165, 1.54) is 10.7 Å². The lowest BCUT2D eigenvalue weighted by atomic mass is 10.2. The van der Waals surface area contributed by atoms with Gasteiger partial charge in [-0.1, -0.05) is 0 Å². The molecule has 2 N–H and O–H groups in total. The monoisotopic (exact) mass is 237 g/mol. The number of halogens is 2. The Bertz CT molecular complexity index is 576.